The molecular formula is C21H25ClN4O5. The lowest BCUT2D eigenvalue weighted by molar-refractivity contribution is 0.0554. The highest BCUT2D eigenvalue weighted by molar-refractivity contribution is 6.30. The van der Waals surface area contributed by atoms with Gasteiger partial charge in [0.2, 0.25) is 11.8 Å². The van der Waals surface area contributed by atoms with Crippen LogP contribution in [0.2, 0.25) is 5.02 Å². The molecule has 2 aliphatic rings. The standard InChI is InChI=1S/C21H25ClN4O5/c22-16-3-4-17(20(29)24-7-1-2-8-24)15(13-16)14-23-9-11-25(12-10-23)21(30)31-26-18(27)5-6-19(26)28/h3-6,13,27-28H,1-2,7-12,14H2. The molecule has 2 amide bonds. The molecule has 3 heterocycles. The van der Waals surface area contributed by atoms with E-state index in [1.54, 1.807) is 12.1 Å². The fraction of sp³-hybridized carbons (Fsp3) is 0.429. The summed E-state index contributed by atoms with van der Waals surface area (Å²) in [6.45, 7) is 4.13. The predicted molar refractivity (Wildman–Crippen MR) is 113 cm³/mol. The number of carbonyl (C=O) groups excluding carboxylic acids is 2. The number of hydrogen-bond acceptors (Lipinski definition) is 6. The van der Waals surface area contributed by atoms with Crippen molar-refractivity contribution in [3.05, 3.63) is 46.5 Å². The maximum Gasteiger partial charge on any atom is 0.434 e. The number of aromatic nitrogens is 1. The van der Waals surface area contributed by atoms with E-state index in [0.717, 1.165) is 31.5 Å². The second kappa shape index (κ2) is 9.07. The smallest absolute Gasteiger partial charge is 0.434 e. The lowest BCUT2D eigenvalue weighted by atomic mass is 10.1. The number of aromatic hydroxyl groups is 2. The quantitative estimate of drug-likeness (QED) is 0.743. The molecule has 0 unspecified atom stereocenters. The minimum Gasteiger partial charge on any atom is -0.492 e. The molecule has 166 valence electrons. The molecule has 10 heteroatoms. The molecule has 0 aliphatic carbocycles. The van der Waals surface area contributed by atoms with Crippen LogP contribution in [0.15, 0.2) is 30.3 Å². The number of carbonyl (C=O) groups is 2. The maximum absolute atomic E-state index is 12.9. The van der Waals surface area contributed by atoms with Crippen LogP contribution in [0.1, 0.15) is 28.8 Å². The summed E-state index contributed by atoms with van der Waals surface area (Å²) in [5.41, 5.74) is 1.55. The van der Waals surface area contributed by atoms with E-state index in [-0.39, 0.29) is 17.7 Å². The Morgan fingerprint density at radius 3 is 2.19 bits per heavy atom. The number of nitrogens with zero attached hydrogens (tertiary/aromatic N) is 4. The van der Waals surface area contributed by atoms with Crippen LogP contribution in [0, 0.1) is 0 Å². The van der Waals surface area contributed by atoms with E-state index in [9.17, 15) is 19.8 Å². The number of likely N-dealkylation sites (tertiary alicyclic amines) is 1. The molecule has 0 radical (unpaired) electrons. The summed E-state index contributed by atoms with van der Waals surface area (Å²) < 4.78 is 0.677. The van der Waals surface area contributed by atoms with Crippen molar-refractivity contribution in [1.82, 2.24) is 19.4 Å². The molecule has 0 saturated carbocycles. The van der Waals surface area contributed by atoms with Gasteiger partial charge in [-0.3, -0.25) is 9.69 Å². The Labute approximate surface area is 184 Å². The van der Waals surface area contributed by atoms with E-state index in [2.05, 4.69) is 4.90 Å². The van der Waals surface area contributed by atoms with E-state index in [1.807, 2.05) is 11.0 Å². The summed E-state index contributed by atoms with van der Waals surface area (Å²) in [5, 5.41) is 19.8. The lowest BCUT2D eigenvalue weighted by Crippen LogP contribution is -2.50. The molecule has 2 fully saturated rings. The van der Waals surface area contributed by atoms with Crippen LogP contribution in [0.4, 0.5) is 4.79 Å². The fourth-order valence-electron chi connectivity index (χ4n) is 3.95. The van der Waals surface area contributed by atoms with Gasteiger partial charge in [0.25, 0.3) is 5.91 Å². The molecule has 1 aromatic carbocycles. The van der Waals surface area contributed by atoms with Crippen LogP contribution >= 0.6 is 11.6 Å². The number of benzene rings is 1. The van der Waals surface area contributed by atoms with Gasteiger partial charge in [-0.1, -0.05) is 11.6 Å². The van der Waals surface area contributed by atoms with Gasteiger partial charge < -0.3 is 24.9 Å². The summed E-state index contributed by atoms with van der Waals surface area (Å²) in [5.74, 6) is -0.681. The number of hydrogen-bond donors (Lipinski definition) is 2. The van der Waals surface area contributed by atoms with Gasteiger partial charge in [-0.25, -0.2) is 4.79 Å². The summed E-state index contributed by atoms with van der Waals surface area (Å²) in [6, 6.07) is 7.83. The van der Waals surface area contributed by atoms with Gasteiger partial charge in [0, 0.05) is 68.5 Å². The average Bonchev–Trinajstić information content (AvgIpc) is 3.40. The average molecular weight is 449 g/mol. The molecule has 0 bridgehead atoms. The molecule has 2 aliphatic heterocycles. The predicted octanol–water partition coefficient (Wildman–Crippen LogP) is 2.16. The van der Waals surface area contributed by atoms with Crippen LogP contribution in [0.5, 0.6) is 11.8 Å². The van der Waals surface area contributed by atoms with Gasteiger partial charge in [0.05, 0.1) is 0 Å². The van der Waals surface area contributed by atoms with E-state index >= 15 is 0 Å². The molecule has 0 spiro atoms. The van der Waals surface area contributed by atoms with Crippen LogP contribution in [0.3, 0.4) is 0 Å². The Morgan fingerprint density at radius 1 is 0.903 bits per heavy atom. The Hall–Kier alpha value is -2.91. The number of halogens is 1. The highest BCUT2D eigenvalue weighted by Crippen LogP contribution is 2.23. The van der Waals surface area contributed by atoms with Crippen molar-refractivity contribution in [3.8, 4) is 11.8 Å². The third-order valence-corrected chi connectivity index (χ3v) is 5.92. The number of amides is 2. The van der Waals surface area contributed by atoms with Crippen molar-refractivity contribution in [1.29, 1.82) is 0 Å². The maximum atomic E-state index is 12.9. The molecule has 4 rings (SSSR count). The van der Waals surface area contributed by atoms with Crippen molar-refractivity contribution in [2.75, 3.05) is 39.3 Å². The van der Waals surface area contributed by atoms with Gasteiger partial charge in [-0.2, -0.15) is 0 Å². The lowest BCUT2D eigenvalue weighted by Gasteiger charge is -2.34. The Bertz CT molecular complexity index is 945. The Balaban J connectivity index is 1.37. The topological polar surface area (TPSA) is 98.5 Å². The van der Waals surface area contributed by atoms with Gasteiger partial charge >= 0.3 is 6.09 Å². The van der Waals surface area contributed by atoms with Gasteiger partial charge in [0.15, 0.2) is 0 Å². The second-order valence-corrected chi connectivity index (χ2v) is 8.20. The van der Waals surface area contributed by atoms with Crippen molar-refractivity contribution < 1.29 is 24.6 Å². The van der Waals surface area contributed by atoms with Crippen molar-refractivity contribution in [2.24, 2.45) is 0 Å². The van der Waals surface area contributed by atoms with Gasteiger partial charge in [-0.05, 0) is 36.6 Å². The zero-order valence-corrected chi connectivity index (χ0v) is 17.8. The van der Waals surface area contributed by atoms with Crippen LogP contribution in [-0.4, -0.2) is 80.9 Å². The SMILES string of the molecule is O=C(On1c(O)ccc1O)N1CCN(Cc2cc(Cl)ccc2C(=O)N2CCCC2)CC1. The third-order valence-electron chi connectivity index (χ3n) is 5.68. The summed E-state index contributed by atoms with van der Waals surface area (Å²) in [7, 11) is 0. The van der Waals surface area contributed by atoms with Crippen molar-refractivity contribution in [2.45, 2.75) is 19.4 Å². The first-order valence-corrected chi connectivity index (χ1v) is 10.7. The Kier molecular flexibility index (Phi) is 6.24. The minimum atomic E-state index is -0.658. The van der Waals surface area contributed by atoms with E-state index in [1.165, 1.54) is 17.0 Å². The zero-order valence-electron chi connectivity index (χ0n) is 17.0. The van der Waals surface area contributed by atoms with Crippen LogP contribution < -0.4 is 4.84 Å². The molecule has 2 saturated heterocycles. The third kappa shape index (κ3) is 4.72. The zero-order chi connectivity index (χ0) is 22.0. The van der Waals surface area contributed by atoms with Crippen LogP contribution in [-0.2, 0) is 6.54 Å². The summed E-state index contributed by atoms with van der Waals surface area (Å²) in [6.07, 6.45) is 1.41. The Morgan fingerprint density at radius 2 is 1.55 bits per heavy atom. The van der Waals surface area contributed by atoms with E-state index < -0.39 is 6.09 Å². The first kappa shape index (κ1) is 21.3. The molecule has 2 N–H and O–H groups in total. The molecule has 2 aromatic rings. The van der Waals surface area contributed by atoms with E-state index in [0.29, 0.717) is 48.0 Å². The molecule has 0 atom stereocenters. The largest absolute Gasteiger partial charge is 0.492 e. The molecule has 31 heavy (non-hydrogen) atoms. The van der Waals surface area contributed by atoms with E-state index in [4.69, 9.17) is 16.4 Å². The van der Waals surface area contributed by atoms with Crippen molar-refractivity contribution >= 4 is 23.6 Å². The van der Waals surface area contributed by atoms with Gasteiger partial charge in [-0.15, -0.1) is 4.73 Å². The van der Waals surface area contributed by atoms with Crippen molar-refractivity contribution in [3.63, 3.8) is 0 Å². The number of piperazine rings is 1. The van der Waals surface area contributed by atoms with Gasteiger partial charge in [0.1, 0.15) is 0 Å². The fourth-order valence-corrected chi connectivity index (χ4v) is 4.15. The van der Waals surface area contributed by atoms with Crippen LogP contribution in [0.25, 0.3) is 0 Å². The first-order valence-electron chi connectivity index (χ1n) is 10.3. The summed E-state index contributed by atoms with van der Waals surface area (Å²) in [4.78, 5) is 35.9. The highest BCUT2D eigenvalue weighted by atomic mass is 35.5. The summed E-state index contributed by atoms with van der Waals surface area (Å²) >= 11 is 6.20. The monoisotopic (exact) mass is 448 g/mol. The second-order valence-electron chi connectivity index (χ2n) is 7.77. The molecule has 9 nitrogen and oxygen atoms in total. The first-order chi connectivity index (χ1) is 14.9. The minimum absolute atomic E-state index is 0.0396. The normalized spacial score (nSPS) is 17.2. The number of rotatable bonds is 4. The molecular weight excluding hydrogens is 424 g/mol. The molecule has 1 aromatic heterocycles. The highest BCUT2D eigenvalue weighted by Gasteiger charge is 2.26.